The fourth-order valence-corrected chi connectivity index (χ4v) is 1.98. The fourth-order valence-electron chi connectivity index (χ4n) is 1.98. The van der Waals surface area contributed by atoms with Crippen molar-refractivity contribution < 1.29 is 5.11 Å². The first kappa shape index (κ1) is 10.4. The fraction of sp³-hybridized carbons (Fsp3) is 0.200. The van der Waals surface area contributed by atoms with E-state index in [-0.39, 0.29) is 11.4 Å². The minimum Gasteiger partial charge on any atom is -0.505 e. The third-order valence-electron chi connectivity index (χ3n) is 3.08. The average Bonchev–Trinajstić information content (AvgIpc) is 2.48. The van der Waals surface area contributed by atoms with Crippen molar-refractivity contribution in [3.05, 3.63) is 22.4 Å². The second kappa shape index (κ2) is 2.96. The van der Waals surface area contributed by atoms with Gasteiger partial charge < -0.3 is 33.8 Å². The molecule has 0 bridgehead atoms. The van der Waals surface area contributed by atoms with Crippen LogP contribution in [0.15, 0.2) is 5.70 Å². The Morgan fingerprint density at radius 2 is 1.62 bits per heavy atom. The molecular weight excluding hydrogens is 206 g/mol. The summed E-state index contributed by atoms with van der Waals surface area (Å²) < 4.78 is 0. The van der Waals surface area contributed by atoms with E-state index in [2.05, 4.69) is 0 Å². The van der Waals surface area contributed by atoms with E-state index in [1.54, 1.807) is 6.92 Å². The predicted molar refractivity (Wildman–Crippen MR) is 63.9 cm³/mol. The van der Waals surface area contributed by atoms with Gasteiger partial charge in [-0.05, 0) is 12.5 Å². The zero-order chi connectivity index (χ0) is 12.2. The summed E-state index contributed by atoms with van der Waals surface area (Å²) in [6.07, 6.45) is 0. The van der Waals surface area contributed by atoms with Gasteiger partial charge in [-0.15, -0.1) is 0 Å². The Morgan fingerprint density at radius 1 is 1.06 bits per heavy atom. The molecule has 6 nitrogen and oxygen atoms in total. The summed E-state index contributed by atoms with van der Waals surface area (Å²) in [6.45, 7) is 1.71. The third kappa shape index (κ3) is 0.989. The maximum atomic E-state index is 9.93. The molecule has 1 atom stereocenters. The highest BCUT2D eigenvalue weighted by Gasteiger charge is 2.32. The lowest BCUT2D eigenvalue weighted by Crippen LogP contribution is -2.17. The molecule has 1 unspecified atom stereocenters. The molecular formula is C10H15N5O. The SMILES string of the molecule is Cc1c(N)c(O)c2c(c1N)C(N)=C(N)C2N. The summed E-state index contributed by atoms with van der Waals surface area (Å²) in [5.41, 5.74) is 31.8. The molecule has 1 aliphatic rings. The molecule has 0 aromatic heterocycles. The van der Waals surface area contributed by atoms with Gasteiger partial charge in [-0.2, -0.15) is 0 Å². The van der Waals surface area contributed by atoms with E-state index < -0.39 is 6.04 Å². The van der Waals surface area contributed by atoms with Crippen molar-refractivity contribution in [3.63, 3.8) is 0 Å². The average molecular weight is 221 g/mol. The van der Waals surface area contributed by atoms with E-state index in [1.807, 2.05) is 0 Å². The summed E-state index contributed by atoms with van der Waals surface area (Å²) in [6, 6.07) is -0.653. The molecule has 0 amide bonds. The van der Waals surface area contributed by atoms with E-state index in [9.17, 15) is 5.11 Å². The van der Waals surface area contributed by atoms with Crippen molar-refractivity contribution in [2.24, 2.45) is 17.2 Å². The number of anilines is 2. The number of benzene rings is 1. The first-order chi connectivity index (χ1) is 7.37. The molecule has 86 valence electrons. The van der Waals surface area contributed by atoms with E-state index in [0.717, 1.165) is 0 Å². The Balaban J connectivity index is 2.89. The molecule has 0 saturated carbocycles. The van der Waals surface area contributed by atoms with E-state index in [0.29, 0.717) is 33.8 Å². The van der Waals surface area contributed by atoms with Gasteiger partial charge in [0.25, 0.3) is 0 Å². The van der Waals surface area contributed by atoms with Crippen LogP contribution in [0.25, 0.3) is 5.70 Å². The van der Waals surface area contributed by atoms with Gasteiger partial charge in [-0.3, -0.25) is 0 Å². The lowest BCUT2D eigenvalue weighted by Gasteiger charge is -2.16. The molecule has 11 N–H and O–H groups in total. The number of hydrogen-bond acceptors (Lipinski definition) is 6. The summed E-state index contributed by atoms with van der Waals surface area (Å²) in [5, 5.41) is 9.93. The zero-order valence-corrected chi connectivity index (χ0v) is 8.91. The van der Waals surface area contributed by atoms with Crippen molar-refractivity contribution in [1.82, 2.24) is 0 Å². The van der Waals surface area contributed by atoms with Crippen LogP contribution in [0.5, 0.6) is 5.75 Å². The minimum atomic E-state index is -0.653. The van der Waals surface area contributed by atoms with Crippen molar-refractivity contribution in [1.29, 1.82) is 0 Å². The third-order valence-corrected chi connectivity index (χ3v) is 3.08. The van der Waals surface area contributed by atoms with Crippen LogP contribution in [-0.4, -0.2) is 5.11 Å². The molecule has 16 heavy (non-hydrogen) atoms. The van der Waals surface area contributed by atoms with E-state index in [4.69, 9.17) is 28.7 Å². The molecule has 0 radical (unpaired) electrons. The van der Waals surface area contributed by atoms with Gasteiger partial charge in [0, 0.05) is 16.8 Å². The Labute approximate surface area is 92.7 Å². The van der Waals surface area contributed by atoms with Gasteiger partial charge in [-0.1, -0.05) is 0 Å². The van der Waals surface area contributed by atoms with Crippen molar-refractivity contribution >= 4 is 17.1 Å². The first-order valence-corrected chi connectivity index (χ1v) is 4.79. The van der Waals surface area contributed by atoms with Crippen LogP contribution in [0.3, 0.4) is 0 Å². The quantitative estimate of drug-likeness (QED) is 0.197. The molecule has 0 fully saturated rings. The normalized spacial score (nSPS) is 19.0. The molecule has 1 aromatic rings. The summed E-state index contributed by atoms with van der Waals surface area (Å²) in [7, 11) is 0. The summed E-state index contributed by atoms with van der Waals surface area (Å²) in [5.74, 6) is -0.0856. The van der Waals surface area contributed by atoms with Gasteiger partial charge in [0.05, 0.1) is 23.1 Å². The van der Waals surface area contributed by atoms with Gasteiger partial charge in [0.1, 0.15) is 5.75 Å². The number of nitrogen functional groups attached to an aromatic ring is 2. The predicted octanol–water partition coefficient (Wildman–Crippen LogP) is -0.536. The number of phenolic OH excluding ortho intramolecular Hbond substituents is 1. The van der Waals surface area contributed by atoms with E-state index in [1.165, 1.54) is 0 Å². The maximum absolute atomic E-state index is 9.93. The van der Waals surface area contributed by atoms with Crippen LogP contribution in [0.1, 0.15) is 22.7 Å². The minimum absolute atomic E-state index is 0.0856. The van der Waals surface area contributed by atoms with Crippen molar-refractivity contribution in [2.75, 3.05) is 11.5 Å². The largest absolute Gasteiger partial charge is 0.505 e. The molecule has 0 heterocycles. The molecule has 2 rings (SSSR count). The van der Waals surface area contributed by atoms with Crippen LogP contribution in [-0.2, 0) is 0 Å². The van der Waals surface area contributed by atoms with Crippen LogP contribution in [0, 0.1) is 6.92 Å². The Bertz CT molecular complexity index is 521. The second-order valence-electron chi connectivity index (χ2n) is 3.94. The Morgan fingerprint density at radius 3 is 2.19 bits per heavy atom. The van der Waals surface area contributed by atoms with E-state index >= 15 is 0 Å². The monoisotopic (exact) mass is 221 g/mol. The van der Waals surface area contributed by atoms with Gasteiger partial charge in [0.15, 0.2) is 0 Å². The highest BCUT2D eigenvalue weighted by molar-refractivity contribution is 5.90. The maximum Gasteiger partial charge on any atom is 0.144 e. The lowest BCUT2D eigenvalue weighted by molar-refractivity contribution is 0.468. The number of fused-ring (bicyclic) bond motifs is 1. The lowest BCUT2D eigenvalue weighted by atomic mass is 9.98. The number of nitrogens with two attached hydrogens (primary N) is 5. The highest BCUT2D eigenvalue weighted by atomic mass is 16.3. The molecule has 0 saturated heterocycles. The highest BCUT2D eigenvalue weighted by Crippen LogP contribution is 2.47. The van der Waals surface area contributed by atoms with Crippen molar-refractivity contribution in [3.8, 4) is 5.75 Å². The first-order valence-electron chi connectivity index (χ1n) is 4.79. The number of hydrogen-bond donors (Lipinski definition) is 6. The Kier molecular flexibility index (Phi) is 1.93. The Hall–Kier alpha value is -2.08. The molecule has 1 aromatic carbocycles. The van der Waals surface area contributed by atoms with Gasteiger partial charge >= 0.3 is 0 Å². The van der Waals surface area contributed by atoms with Gasteiger partial charge in [-0.25, -0.2) is 0 Å². The van der Waals surface area contributed by atoms with Gasteiger partial charge in [0.2, 0.25) is 0 Å². The molecule has 0 spiro atoms. The summed E-state index contributed by atoms with van der Waals surface area (Å²) in [4.78, 5) is 0. The summed E-state index contributed by atoms with van der Waals surface area (Å²) >= 11 is 0. The van der Waals surface area contributed by atoms with Crippen LogP contribution < -0.4 is 28.7 Å². The van der Waals surface area contributed by atoms with Crippen molar-refractivity contribution in [2.45, 2.75) is 13.0 Å². The molecule has 1 aliphatic carbocycles. The number of phenols is 1. The van der Waals surface area contributed by atoms with Crippen LogP contribution in [0.4, 0.5) is 11.4 Å². The smallest absolute Gasteiger partial charge is 0.144 e. The standard InChI is InChI=1S/C10H15N5O/c1-2-5(11)3-4(10(16)6(2)12)8(14)9(15)7(3)13/h8,16H,11-15H2,1H3. The van der Waals surface area contributed by atoms with Crippen LogP contribution in [0.2, 0.25) is 0 Å². The molecule has 0 aliphatic heterocycles. The molecule has 6 heteroatoms. The zero-order valence-electron chi connectivity index (χ0n) is 8.91. The van der Waals surface area contributed by atoms with Crippen LogP contribution >= 0.6 is 0 Å². The number of rotatable bonds is 0. The topological polar surface area (TPSA) is 150 Å². The number of aromatic hydroxyl groups is 1. The second-order valence-corrected chi connectivity index (χ2v) is 3.94.